The minimum Gasteiger partial charge on any atom is -0.457 e. The van der Waals surface area contributed by atoms with Gasteiger partial charge in [0.15, 0.2) is 5.78 Å². The van der Waals surface area contributed by atoms with Gasteiger partial charge in [0.05, 0.1) is 0 Å². The third-order valence-electron chi connectivity index (χ3n) is 3.16. The van der Waals surface area contributed by atoms with Gasteiger partial charge in [-0.2, -0.15) is 0 Å². The number of Topliss-reactive ketones (excluding diaryl/α,β-unsaturated/α-hetero) is 1. The fraction of sp³-hybridized carbons (Fsp3) is 0.278. The normalized spacial score (nSPS) is 11.2. The topological polar surface area (TPSA) is 26.3 Å². The van der Waals surface area contributed by atoms with E-state index in [0.29, 0.717) is 11.3 Å². The van der Waals surface area contributed by atoms with Gasteiger partial charge in [-0.05, 0) is 30.5 Å². The molecule has 0 amide bonds. The summed E-state index contributed by atoms with van der Waals surface area (Å²) in [5.41, 5.74) is 1.82. The van der Waals surface area contributed by atoms with Crippen molar-refractivity contribution in [2.75, 3.05) is 0 Å². The number of ketones is 1. The van der Waals surface area contributed by atoms with E-state index in [2.05, 4.69) is 26.8 Å². The lowest BCUT2D eigenvalue weighted by Crippen LogP contribution is -2.12. The van der Waals surface area contributed by atoms with Gasteiger partial charge in [-0.15, -0.1) is 0 Å². The largest absolute Gasteiger partial charge is 0.457 e. The highest BCUT2D eigenvalue weighted by molar-refractivity contribution is 5.94. The molecule has 0 saturated heterocycles. The summed E-state index contributed by atoms with van der Waals surface area (Å²) in [6, 6.07) is 15.3. The van der Waals surface area contributed by atoms with Gasteiger partial charge in [0.2, 0.25) is 0 Å². The summed E-state index contributed by atoms with van der Waals surface area (Å²) in [5.74, 6) is 1.56. The first-order valence-corrected chi connectivity index (χ1v) is 6.76. The highest BCUT2D eigenvalue weighted by Crippen LogP contribution is 2.34. The second-order valence-corrected chi connectivity index (χ2v) is 5.93. The van der Waals surface area contributed by atoms with Crippen LogP contribution >= 0.6 is 0 Å². The Morgan fingerprint density at radius 2 is 1.70 bits per heavy atom. The molecule has 2 heteroatoms. The zero-order chi connectivity index (χ0) is 14.8. The van der Waals surface area contributed by atoms with Crippen LogP contribution in [0.15, 0.2) is 48.5 Å². The zero-order valence-corrected chi connectivity index (χ0v) is 12.4. The molecule has 0 aliphatic rings. The maximum absolute atomic E-state index is 11.4. The molecule has 0 radical (unpaired) electrons. The lowest BCUT2D eigenvalue weighted by atomic mass is 9.86. The molecule has 0 aliphatic heterocycles. The van der Waals surface area contributed by atoms with Crippen LogP contribution in [0.5, 0.6) is 11.5 Å². The average Bonchev–Trinajstić information content (AvgIpc) is 2.38. The molecule has 0 aliphatic carbocycles. The average molecular weight is 268 g/mol. The molecular weight excluding hydrogens is 248 g/mol. The van der Waals surface area contributed by atoms with Crippen molar-refractivity contribution in [1.29, 1.82) is 0 Å². The van der Waals surface area contributed by atoms with Crippen molar-refractivity contribution in [3.63, 3.8) is 0 Å². The van der Waals surface area contributed by atoms with Crippen LogP contribution in [0.2, 0.25) is 0 Å². The molecule has 0 bridgehead atoms. The first-order chi connectivity index (χ1) is 9.38. The molecule has 0 heterocycles. The smallest absolute Gasteiger partial charge is 0.159 e. The van der Waals surface area contributed by atoms with Gasteiger partial charge in [0.1, 0.15) is 11.5 Å². The molecule has 0 N–H and O–H groups in total. The van der Waals surface area contributed by atoms with Gasteiger partial charge in [-0.3, -0.25) is 4.79 Å². The van der Waals surface area contributed by atoms with E-state index in [1.807, 2.05) is 30.3 Å². The number of benzene rings is 2. The fourth-order valence-corrected chi connectivity index (χ4v) is 2.08. The van der Waals surface area contributed by atoms with E-state index in [0.717, 1.165) is 11.3 Å². The molecule has 0 saturated carbocycles. The molecule has 104 valence electrons. The maximum Gasteiger partial charge on any atom is 0.159 e. The molecule has 0 fully saturated rings. The van der Waals surface area contributed by atoms with Gasteiger partial charge in [-0.25, -0.2) is 0 Å². The van der Waals surface area contributed by atoms with Crippen molar-refractivity contribution >= 4 is 5.78 Å². The van der Waals surface area contributed by atoms with Crippen LogP contribution < -0.4 is 4.74 Å². The van der Waals surface area contributed by atoms with Gasteiger partial charge >= 0.3 is 0 Å². The SMILES string of the molecule is CC(=O)c1cccc(Oc2ccccc2C(C)(C)C)c1. The summed E-state index contributed by atoms with van der Waals surface area (Å²) in [6.45, 7) is 8.02. The molecule has 0 aromatic heterocycles. The Balaban J connectivity index is 2.36. The second-order valence-electron chi connectivity index (χ2n) is 5.93. The van der Waals surface area contributed by atoms with Crippen LogP contribution in [0.3, 0.4) is 0 Å². The van der Waals surface area contributed by atoms with Crippen LogP contribution in [-0.4, -0.2) is 5.78 Å². The van der Waals surface area contributed by atoms with Crippen molar-refractivity contribution in [1.82, 2.24) is 0 Å². The number of hydrogen-bond donors (Lipinski definition) is 0. The van der Waals surface area contributed by atoms with Gasteiger partial charge in [-0.1, -0.05) is 51.1 Å². The van der Waals surface area contributed by atoms with Gasteiger partial charge < -0.3 is 4.74 Å². The van der Waals surface area contributed by atoms with Crippen molar-refractivity contribution in [3.05, 3.63) is 59.7 Å². The summed E-state index contributed by atoms with van der Waals surface area (Å²) in [6.07, 6.45) is 0. The number of rotatable bonds is 3. The van der Waals surface area contributed by atoms with Crippen LogP contribution in [0.4, 0.5) is 0 Å². The van der Waals surface area contributed by atoms with E-state index in [4.69, 9.17) is 4.74 Å². The highest BCUT2D eigenvalue weighted by atomic mass is 16.5. The third-order valence-corrected chi connectivity index (χ3v) is 3.16. The monoisotopic (exact) mass is 268 g/mol. The Kier molecular flexibility index (Phi) is 3.93. The highest BCUT2D eigenvalue weighted by Gasteiger charge is 2.18. The Labute approximate surface area is 120 Å². The van der Waals surface area contributed by atoms with Crippen LogP contribution in [0.25, 0.3) is 0 Å². The number of carbonyl (C=O) groups excluding carboxylic acids is 1. The minimum atomic E-state index is 0.00871. The van der Waals surface area contributed by atoms with Crippen LogP contribution in [0.1, 0.15) is 43.6 Å². The number of hydrogen-bond acceptors (Lipinski definition) is 2. The van der Waals surface area contributed by atoms with Crippen molar-refractivity contribution in [3.8, 4) is 11.5 Å². The Morgan fingerprint density at radius 1 is 1.00 bits per heavy atom. The van der Waals surface area contributed by atoms with Crippen LogP contribution in [-0.2, 0) is 5.41 Å². The standard InChI is InChI=1S/C18H20O2/c1-13(19)14-8-7-9-15(12-14)20-17-11-6-5-10-16(17)18(2,3)4/h5-12H,1-4H3. The molecule has 2 aromatic rings. The number of carbonyl (C=O) groups is 1. The number of ether oxygens (including phenoxy) is 1. The molecule has 0 spiro atoms. The Hall–Kier alpha value is -2.09. The zero-order valence-electron chi connectivity index (χ0n) is 12.4. The Morgan fingerprint density at radius 3 is 2.35 bits per heavy atom. The molecule has 2 aromatic carbocycles. The first-order valence-electron chi connectivity index (χ1n) is 6.76. The van der Waals surface area contributed by atoms with Gasteiger partial charge in [0, 0.05) is 11.1 Å². The predicted molar refractivity (Wildman–Crippen MR) is 81.7 cm³/mol. The molecule has 20 heavy (non-hydrogen) atoms. The summed E-state index contributed by atoms with van der Waals surface area (Å²) in [5, 5.41) is 0. The van der Waals surface area contributed by atoms with E-state index in [-0.39, 0.29) is 11.2 Å². The van der Waals surface area contributed by atoms with E-state index in [9.17, 15) is 4.79 Å². The third kappa shape index (κ3) is 3.27. The molecule has 2 rings (SSSR count). The summed E-state index contributed by atoms with van der Waals surface area (Å²) in [7, 11) is 0. The fourth-order valence-electron chi connectivity index (χ4n) is 2.08. The Bertz CT molecular complexity index is 621. The maximum atomic E-state index is 11.4. The van der Waals surface area contributed by atoms with E-state index < -0.39 is 0 Å². The predicted octanol–water partition coefficient (Wildman–Crippen LogP) is 4.98. The first kappa shape index (κ1) is 14.3. The van der Waals surface area contributed by atoms with E-state index in [1.54, 1.807) is 19.1 Å². The quantitative estimate of drug-likeness (QED) is 0.734. The minimum absolute atomic E-state index is 0.00871. The van der Waals surface area contributed by atoms with Gasteiger partial charge in [0.25, 0.3) is 0 Å². The summed E-state index contributed by atoms with van der Waals surface area (Å²) < 4.78 is 5.97. The number of para-hydroxylation sites is 1. The van der Waals surface area contributed by atoms with E-state index >= 15 is 0 Å². The summed E-state index contributed by atoms with van der Waals surface area (Å²) >= 11 is 0. The summed E-state index contributed by atoms with van der Waals surface area (Å²) in [4.78, 5) is 11.4. The van der Waals surface area contributed by atoms with Crippen molar-refractivity contribution in [2.45, 2.75) is 33.1 Å². The molecule has 2 nitrogen and oxygen atoms in total. The van der Waals surface area contributed by atoms with Crippen LogP contribution in [0, 0.1) is 0 Å². The lowest BCUT2D eigenvalue weighted by molar-refractivity contribution is 0.101. The molecular formula is C18H20O2. The molecule has 0 atom stereocenters. The van der Waals surface area contributed by atoms with E-state index in [1.165, 1.54) is 0 Å². The lowest BCUT2D eigenvalue weighted by Gasteiger charge is -2.22. The van der Waals surface area contributed by atoms with Crippen molar-refractivity contribution in [2.24, 2.45) is 0 Å². The second kappa shape index (κ2) is 5.49. The van der Waals surface area contributed by atoms with Crippen molar-refractivity contribution < 1.29 is 9.53 Å². The molecule has 0 unspecified atom stereocenters.